The van der Waals surface area contributed by atoms with Gasteiger partial charge in [0.05, 0.1) is 11.3 Å². The lowest BCUT2D eigenvalue weighted by Crippen LogP contribution is -2.45. The third-order valence-electron chi connectivity index (χ3n) is 8.01. The number of carbonyl (C=O) groups is 2. The van der Waals surface area contributed by atoms with E-state index >= 15 is 0 Å². The zero-order valence-corrected chi connectivity index (χ0v) is 22.7. The largest absolute Gasteiger partial charge is 0.433 e. The van der Waals surface area contributed by atoms with Crippen molar-refractivity contribution in [2.45, 2.75) is 64.5 Å². The maximum absolute atomic E-state index is 14.0. The van der Waals surface area contributed by atoms with Crippen LogP contribution in [0, 0.1) is 6.92 Å². The molecule has 6 nitrogen and oxygen atoms in total. The number of aryl methyl sites for hydroxylation is 1. The van der Waals surface area contributed by atoms with Crippen molar-refractivity contribution in [3.8, 4) is 0 Å². The monoisotopic (exact) mass is 550 g/mol. The molecule has 2 aliphatic rings. The molecule has 3 aromatic rings. The standard InChI is InChI=1S/C31H33F3N4O2/c1-21-27(14-15-29(35-21)31(32,33)34)30(40)36-19-24-10-6-7-11-28(24)37(22(2)39)17-16-25-12-13-26(20-36)38(25)18-23-8-4-3-5-9-23/h3-11,14-15,25-26H,12-13,16-20H2,1-2H3/t25-,26+/m0/s1. The smallest absolute Gasteiger partial charge is 0.333 e. The van der Waals surface area contributed by atoms with Crippen LogP contribution >= 0.6 is 0 Å². The summed E-state index contributed by atoms with van der Waals surface area (Å²) in [5.74, 6) is -0.443. The molecule has 9 heteroatoms. The lowest BCUT2D eigenvalue weighted by atomic mass is 10.1. The molecule has 0 aliphatic carbocycles. The molecule has 5 rings (SSSR count). The van der Waals surface area contributed by atoms with E-state index < -0.39 is 11.9 Å². The number of pyridine rings is 1. The number of halogens is 3. The molecule has 40 heavy (non-hydrogen) atoms. The Hall–Kier alpha value is -3.72. The van der Waals surface area contributed by atoms with Crippen molar-refractivity contribution in [2.75, 3.05) is 18.0 Å². The highest BCUT2D eigenvalue weighted by molar-refractivity contribution is 5.96. The molecule has 0 unspecified atom stereocenters. The third-order valence-corrected chi connectivity index (χ3v) is 8.01. The molecular weight excluding hydrogens is 517 g/mol. The van der Waals surface area contributed by atoms with Gasteiger partial charge in [0.25, 0.3) is 5.91 Å². The number of aromatic nitrogens is 1. The molecule has 1 aromatic heterocycles. The summed E-state index contributed by atoms with van der Waals surface area (Å²) in [4.78, 5) is 36.5. The van der Waals surface area contributed by atoms with Crippen molar-refractivity contribution in [3.05, 3.63) is 94.8 Å². The molecule has 2 bridgehead atoms. The predicted molar refractivity (Wildman–Crippen MR) is 147 cm³/mol. The Balaban J connectivity index is 1.55. The first-order chi connectivity index (χ1) is 19.1. The Morgan fingerprint density at radius 2 is 1.62 bits per heavy atom. The summed E-state index contributed by atoms with van der Waals surface area (Å²) in [7, 11) is 0. The summed E-state index contributed by atoms with van der Waals surface area (Å²) < 4.78 is 39.8. The Bertz CT molecular complexity index is 1380. The second kappa shape index (κ2) is 11.4. The van der Waals surface area contributed by atoms with Gasteiger partial charge >= 0.3 is 6.18 Å². The number of carbonyl (C=O) groups excluding carboxylic acids is 2. The summed E-state index contributed by atoms with van der Waals surface area (Å²) >= 11 is 0. The molecule has 210 valence electrons. The van der Waals surface area contributed by atoms with E-state index in [2.05, 4.69) is 22.0 Å². The number of hydrogen-bond donors (Lipinski definition) is 0. The Kier molecular flexibility index (Phi) is 7.94. The van der Waals surface area contributed by atoms with E-state index in [0.717, 1.165) is 36.6 Å². The van der Waals surface area contributed by atoms with Gasteiger partial charge in [-0.15, -0.1) is 0 Å². The molecule has 2 aliphatic heterocycles. The van der Waals surface area contributed by atoms with Crippen molar-refractivity contribution in [2.24, 2.45) is 0 Å². The number of fused-ring (bicyclic) bond motifs is 3. The van der Waals surface area contributed by atoms with Crippen LogP contribution in [0.4, 0.5) is 18.9 Å². The normalized spacial score (nSPS) is 20.1. The minimum Gasteiger partial charge on any atom is -0.333 e. The zero-order valence-electron chi connectivity index (χ0n) is 22.7. The summed E-state index contributed by atoms with van der Waals surface area (Å²) in [5.41, 5.74) is 1.90. The van der Waals surface area contributed by atoms with Crippen molar-refractivity contribution in [1.29, 1.82) is 0 Å². The first kappa shape index (κ1) is 27.8. The van der Waals surface area contributed by atoms with Gasteiger partial charge in [0.2, 0.25) is 5.91 Å². The maximum atomic E-state index is 14.0. The van der Waals surface area contributed by atoms with E-state index in [1.54, 1.807) is 16.7 Å². The molecule has 2 atom stereocenters. The first-order valence-corrected chi connectivity index (χ1v) is 13.6. The van der Waals surface area contributed by atoms with Gasteiger partial charge in [0.15, 0.2) is 0 Å². The van der Waals surface area contributed by atoms with E-state index in [4.69, 9.17) is 0 Å². The topological polar surface area (TPSA) is 56.8 Å². The highest BCUT2D eigenvalue weighted by atomic mass is 19.4. The van der Waals surface area contributed by atoms with Gasteiger partial charge in [-0.25, -0.2) is 4.98 Å². The van der Waals surface area contributed by atoms with Gasteiger partial charge in [-0.1, -0.05) is 48.5 Å². The average Bonchev–Trinajstić information content (AvgIpc) is 3.27. The minimum atomic E-state index is -4.59. The highest BCUT2D eigenvalue weighted by Crippen LogP contribution is 2.34. The van der Waals surface area contributed by atoms with Crippen LogP contribution in [-0.2, 0) is 24.1 Å². The number of para-hydroxylation sites is 1. The van der Waals surface area contributed by atoms with Crippen molar-refractivity contribution >= 4 is 17.5 Å². The molecule has 0 spiro atoms. The van der Waals surface area contributed by atoms with Gasteiger partial charge in [-0.3, -0.25) is 14.5 Å². The number of alkyl halides is 3. The number of rotatable bonds is 3. The van der Waals surface area contributed by atoms with Crippen molar-refractivity contribution in [1.82, 2.24) is 14.8 Å². The fraction of sp³-hybridized carbons (Fsp3) is 0.387. The molecule has 0 N–H and O–H groups in total. The van der Waals surface area contributed by atoms with E-state index in [0.29, 0.717) is 19.6 Å². The molecule has 0 saturated carbocycles. The second-order valence-corrected chi connectivity index (χ2v) is 10.6. The van der Waals surface area contributed by atoms with Crippen LogP contribution in [0.2, 0.25) is 0 Å². The molecular formula is C31H33F3N4O2. The number of amides is 2. The van der Waals surface area contributed by atoms with Gasteiger partial charge in [0, 0.05) is 50.9 Å². The third kappa shape index (κ3) is 5.89. The van der Waals surface area contributed by atoms with E-state index in [-0.39, 0.29) is 41.7 Å². The van der Waals surface area contributed by atoms with Crippen LogP contribution in [0.25, 0.3) is 0 Å². The van der Waals surface area contributed by atoms with Crippen LogP contribution in [0.15, 0.2) is 66.7 Å². The molecule has 2 aromatic carbocycles. The second-order valence-electron chi connectivity index (χ2n) is 10.6. The van der Waals surface area contributed by atoms with Crippen LogP contribution in [-0.4, -0.2) is 51.8 Å². The summed E-state index contributed by atoms with van der Waals surface area (Å²) in [6.07, 6.45) is -1.97. The van der Waals surface area contributed by atoms with Gasteiger partial charge in [-0.05, 0) is 55.5 Å². The number of nitrogens with zero attached hydrogens (tertiary/aromatic N) is 4. The van der Waals surface area contributed by atoms with E-state index in [1.165, 1.54) is 18.6 Å². The van der Waals surface area contributed by atoms with E-state index in [9.17, 15) is 22.8 Å². The van der Waals surface area contributed by atoms with Gasteiger partial charge in [0.1, 0.15) is 5.69 Å². The number of hydrogen-bond acceptors (Lipinski definition) is 4. The first-order valence-electron chi connectivity index (χ1n) is 13.6. The minimum absolute atomic E-state index is 0.0400. The van der Waals surface area contributed by atoms with Gasteiger partial charge < -0.3 is 9.80 Å². The lowest BCUT2D eigenvalue weighted by molar-refractivity contribution is -0.141. The Morgan fingerprint density at radius 1 is 0.925 bits per heavy atom. The van der Waals surface area contributed by atoms with Crippen LogP contribution in [0.1, 0.15) is 59.1 Å². The summed E-state index contributed by atoms with van der Waals surface area (Å²) in [5, 5.41) is 0. The van der Waals surface area contributed by atoms with Crippen LogP contribution in [0.3, 0.4) is 0 Å². The van der Waals surface area contributed by atoms with Crippen molar-refractivity contribution in [3.63, 3.8) is 0 Å². The maximum Gasteiger partial charge on any atom is 0.433 e. The molecule has 1 fully saturated rings. The Labute approximate surface area is 232 Å². The number of benzene rings is 2. The SMILES string of the molecule is CC(=O)N1CC[C@@H]2CC[C@H](CN(C(=O)c3ccc(C(F)(F)F)nc3C)Cc3ccccc31)N2Cc1ccccc1. The molecule has 1 saturated heterocycles. The fourth-order valence-corrected chi connectivity index (χ4v) is 6.00. The highest BCUT2D eigenvalue weighted by Gasteiger charge is 2.38. The average molecular weight is 551 g/mol. The van der Waals surface area contributed by atoms with Crippen LogP contribution in [0.5, 0.6) is 0 Å². The van der Waals surface area contributed by atoms with Crippen LogP contribution < -0.4 is 4.90 Å². The quantitative estimate of drug-likeness (QED) is 0.411. The lowest BCUT2D eigenvalue weighted by Gasteiger charge is -2.34. The van der Waals surface area contributed by atoms with Gasteiger partial charge in [-0.2, -0.15) is 13.2 Å². The summed E-state index contributed by atoms with van der Waals surface area (Å²) in [6.45, 7) is 4.90. The molecule has 3 heterocycles. The molecule has 2 amide bonds. The predicted octanol–water partition coefficient (Wildman–Crippen LogP) is 5.84. The molecule has 0 radical (unpaired) electrons. The fourth-order valence-electron chi connectivity index (χ4n) is 6.00. The zero-order chi connectivity index (χ0) is 28.4. The number of anilines is 1. The van der Waals surface area contributed by atoms with E-state index in [1.807, 2.05) is 42.5 Å². The Morgan fingerprint density at radius 3 is 2.33 bits per heavy atom. The van der Waals surface area contributed by atoms with Crippen molar-refractivity contribution < 1.29 is 22.8 Å². The summed E-state index contributed by atoms with van der Waals surface area (Å²) in [6, 6.07) is 20.1.